The van der Waals surface area contributed by atoms with Gasteiger partial charge in [0.1, 0.15) is 4.75 Å². The molecule has 214 valence electrons. The Kier molecular flexibility index (Phi) is 7.94. The van der Waals surface area contributed by atoms with Crippen molar-refractivity contribution in [3.63, 3.8) is 0 Å². The SMILES string of the molecule is COC[C@@]1(S(C)(=O)=O)CO[C@@H]2[C@@H](NC(=O)c3ccccc3)C(=O)N2[C@H]1C(=O)OC(c1ccccc1)c1ccccc1. The highest BCUT2D eigenvalue weighted by atomic mass is 32.2. The summed E-state index contributed by atoms with van der Waals surface area (Å²) >= 11 is 0. The predicted octanol–water partition coefficient (Wildman–Crippen LogP) is 2.11. The van der Waals surface area contributed by atoms with E-state index in [-0.39, 0.29) is 0 Å². The van der Waals surface area contributed by atoms with Crippen LogP contribution in [0.2, 0.25) is 0 Å². The largest absolute Gasteiger partial charge is 0.451 e. The van der Waals surface area contributed by atoms with Crippen LogP contribution in [0, 0.1) is 0 Å². The number of rotatable bonds is 9. The third-order valence-corrected chi connectivity index (χ3v) is 9.40. The Bertz CT molecular complexity index is 1480. The van der Waals surface area contributed by atoms with Crippen molar-refractivity contribution in [1.29, 1.82) is 0 Å². The molecule has 2 saturated heterocycles. The Balaban J connectivity index is 1.50. The van der Waals surface area contributed by atoms with Gasteiger partial charge in [-0.1, -0.05) is 78.9 Å². The van der Waals surface area contributed by atoms with Crippen molar-refractivity contribution in [2.24, 2.45) is 0 Å². The standard InChI is InChI=1S/C30H30N2O8S/c1-38-18-30(41(2,36)37)19-39-28-23(31-26(33)22-16-10-5-11-17-22)27(34)32(28)25(30)29(35)40-24(20-12-6-3-7-13-20)21-14-8-4-9-15-21/h3-17,23-25,28H,18-19H2,1-2H3,(H,31,33)/t23-,25-,28+,30+/m0/s1. The highest BCUT2D eigenvalue weighted by Gasteiger charge is 2.67. The lowest BCUT2D eigenvalue weighted by molar-refractivity contribution is -0.224. The second-order valence-electron chi connectivity index (χ2n) is 10.1. The fourth-order valence-electron chi connectivity index (χ4n) is 5.32. The number of ether oxygens (including phenoxy) is 3. The van der Waals surface area contributed by atoms with Crippen LogP contribution < -0.4 is 5.32 Å². The number of methoxy groups -OCH3 is 1. The zero-order chi connectivity index (χ0) is 29.2. The van der Waals surface area contributed by atoms with E-state index in [0.717, 1.165) is 11.2 Å². The number of hydrogen-bond donors (Lipinski definition) is 1. The van der Waals surface area contributed by atoms with Crippen LogP contribution in [-0.2, 0) is 33.6 Å². The minimum absolute atomic E-state index is 0.337. The molecule has 11 heteroatoms. The fourth-order valence-corrected chi connectivity index (χ4v) is 6.55. The van der Waals surface area contributed by atoms with Gasteiger partial charge in [0.15, 0.2) is 34.3 Å². The predicted molar refractivity (Wildman–Crippen MR) is 148 cm³/mol. The van der Waals surface area contributed by atoms with Gasteiger partial charge in [-0.05, 0) is 23.3 Å². The molecule has 0 saturated carbocycles. The van der Waals surface area contributed by atoms with E-state index in [4.69, 9.17) is 14.2 Å². The van der Waals surface area contributed by atoms with Crippen LogP contribution in [0.15, 0.2) is 91.0 Å². The van der Waals surface area contributed by atoms with Crippen LogP contribution in [0.3, 0.4) is 0 Å². The lowest BCUT2D eigenvalue weighted by atomic mass is 9.89. The third kappa shape index (κ3) is 5.23. The molecule has 0 radical (unpaired) electrons. The smallest absolute Gasteiger partial charge is 0.331 e. The number of nitrogens with zero attached hydrogens (tertiary/aromatic N) is 1. The summed E-state index contributed by atoms with van der Waals surface area (Å²) in [5.41, 5.74) is 1.66. The van der Waals surface area contributed by atoms with E-state index in [0.29, 0.717) is 16.7 Å². The minimum Gasteiger partial charge on any atom is -0.451 e. The number of sulfone groups is 1. The fraction of sp³-hybridized carbons (Fsp3) is 0.300. The van der Waals surface area contributed by atoms with E-state index in [1.54, 1.807) is 78.9 Å². The molecule has 1 N–H and O–H groups in total. The van der Waals surface area contributed by atoms with Crippen molar-refractivity contribution in [2.45, 2.75) is 29.2 Å². The molecule has 5 rings (SSSR count). The van der Waals surface area contributed by atoms with Crippen LogP contribution in [0.4, 0.5) is 0 Å². The molecule has 41 heavy (non-hydrogen) atoms. The van der Waals surface area contributed by atoms with Crippen LogP contribution in [0.1, 0.15) is 27.6 Å². The van der Waals surface area contributed by atoms with E-state index in [1.165, 1.54) is 7.11 Å². The highest BCUT2D eigenvalue weighted by molar-refractivity contribution is 7.92. The van der Waals surface area contributed by atoms with Crippen molar-refractivity contribution in [3.8, 4) is 0 Å². The van der Waals surface area contributed by atoms with Gasteiger partial charge >= 0.3 is 5.97 Å². The maximum absolute atomic E-state index is 14.1. The van der Waals surface area contributed by atoms with Gasteiger partial charge < -0.3 is 19.5 Å². The number of carbonyl (C=O) groups is 3. The molecule has 2 aliphatic rings. The van der Waals surface area contributed by atoms with E-state index in [1.807, 2.05) is 12.1 Å². The second kappa shape index (κ2) is 11.4. The first-order chi connectivity index (χ1) is 19.7. The van der Waals surface area contributed by atoms with Crippen molar-refractivity contribution in [3.05, 3.63) is 108 Å². The minimum atomic E-state index is -4.07. The van der Waals surface area contributed by atoms with Crippen molar-refractivity contribution in [2.75, 3.05) is 26.6 Å². The average Bonchev–Trinajstić information content (AvgIpc) is 2.99. The molecule has 3 aromatic carbocycles. The topological polar surface area (TPSA) is 128 Å². The maximum Gasteiger partial charge on any atom is 0.331 e. The zero-order valence-electron chi connectivity index (χ0n) is 22.5. The van der Waals surface area contributed by atoms with Gasteiger partial charge in [0.25, 0.3) is 11.8 Å². The van der Waals surface area contributed by atoms with Gasteiger partial charge in [-0.25, -0.2) is 13.2 Å². The molecule has 0 unspecified atom stereocenters. The Hall–Kier alpha value is -4.06. The number of fused-ring (bicyclic) bond motifs is 1. The number of hydrogen-bond acceptors (Lipinski definition) is 8. The molecule has 2 heterocycles. The number of benzene rings is 3. The van der Waals surface area contributed by atoms with Crippen molar-refractivity contribution >= 4 is 27.6 Å². The van der Waals surface area contributed by atoms with Gasteiger partial charge in [0, 0.05) is 18.9 Å². The normalized spacial score (nSPS) is 23.8. The molecular formula is C30H30N2O8S. The molecule has 4 atom stereocenters. The number of carbonyl (C=O) groups excluding carboxylic acids is 3. The van der Waals surface area contributed by atoms with E-state index in [2.05, 4.69) is 5.32 Å². The van der Waals surface area contributed by atoms with Gasteiger partial charge in [-0.2, -0.15) is 0 Å². The highest BCUT2D eigenvalue weighted by Crippen LogP contribution is 2.41. The number of nitrogens with one attached hydrogen (secondary N) is 1. The molecule has 10 nitrogen and oxygen atoms in total. The average molecular weight is 579 g/mol. The monoisotopic (exact) mass is 578 g/mol. The van der Waals surface area contributed by atoms with E-state index < -0.39 is 70.0 Å². The Morgan fingerprint density at radius 2 is 1.51 bits per heavy atom. The summed E-state index contributed by atoms with van der Waals surface area (Å²) in [6.07, 6.45) is -0.983. The molecule has 0 spiro atoms. The Morgan fingerprint density at radius 3 is 2.02 bits per heavy atom. The van der Waals surface area contributed by atoms with Crippen LogP contribution in [0.25, 0.3) is 0 Å². The summed E-state index contributed by atoms with van der Waals surface area (Å²) in [6.45, 7) is -0.878. The second-order valence-corrected chi connectivity index (χ2v) is 12.4. The lowest BCUT2D eigenvalue weighted by Gasteiger charge is -2.57. The van der Waals surface area contributed by atoms with Gasteiger partial charge in [0.2, 0.25) is 0 Å². The van der Waals surface area contributed by atoms with Gasteiger partial charge in [-0.15, -0.1) is 0 Å². The Labute approximate surface area is 238 Å². The molecule has 0 aliphatic carbocycles. The Morgan fingerprint density at radius 1 is 0.976 bits per heavy atom. The number of β-lactam (4-membered cyclic amide) rings is 1. The third-order valence-electron chi connectivity index (χ3n) is 7.47. The maximum atomic E-state index is 14.1. The number of esters is 1. The summed E-state index contributed by atoms with van der Waals surface area (Å²) in [6, 6.07) is 23.6. The van der Waals surface area contributed by atoms with Gasteiger partial charge in [0.05, 0.1) is 13.2 Å². The van der Waals surface area contributed by atoms with Gasteiger partial charge in [-0.3, -0.25) is 14.5 Å². The first-order valence-corrected chi connectivity index (χ1v) is 14.9. The molecular weight excluding hydrogens is 548 g/mol. The molecule has 2 fully saturated rings. The quantitative estimate of drug-likeness (QED) is 0.302. The van der Waals surface area contributed by atoms with Crippen LogP contribution in [0.5, 0.6) is 0 Å². The zero-order valence-corrected chi connectivity index (χ0v) is 23.3. The summed E-state index contributed by atoms with van der Waals surface area (Å²) in [5, 5.41) is 2.64. The summed E-state index contributed by atoms with van der Waals surface area (Å²) in [4.78, 5) is 41.4. The van der Waals surface area contributed by atoms with Crippen molar-refractivity contribution in [1.82, 2.24) is 10.2 Å². The number of amides is 2. The van der Waals surface area contributed by atoms with E-state index in [9.17, 15) is 22.8 Å². The van der Waals surface area contributed by atoms with E-state index >= 15 is 0 Å². The van der Waals surface area contributed by atoms with Crippen LogP contribution >= 0.6 is 0 Å². The molecule has 0 bridgehead atoms. The first-order valence-electron chi connectivity index (χ1n) is 13.0. The summed E-state index contributed by atoms with van der Waals surface area (Å²) < 4.78 is 41.8. The molecule has 0 aromatic heterocycles. The first kappa shape index (κ1) is 28.5. The molecule has 2 amide bonds. The van der Waals surface area contributed by atoms with Crippen molar-refractivity contribution < 1.29 is 37.0 Å². The summed E-state index contributed by atoms with van der Waals surface area (Å²) in [5.74, 6) is -2.10. The lowest BCUT2D eigenvalue weighted by Crippen LogP contribution is -2.83. The van der Waals surface area contributed by atoms with Crippen LogP contribution in [-0.4, -0.2) is 80.7 Å². The molecule has 3 aromatic rings. The molecule has 2 aliphatic heterocycles. The summed E-state index contributed by atoms with van der Waals surface area (Å²) in [7, 11) is -2.77.